The lowest BCUT2D eigenvalue weighted by molar-refractivity contribution is 0.212. The standard InChI is InChI=1S/C24H24N4O3/c1-29-20-11-5-8-17(22(20)30-2)15-28-14-6-10-19(28)23-26-27-24(31-23)21-18-9-4-3-7-16(18)12-13-25-21/h3-5,7-9,11-13,19H,6,10,14-15H2,1-2H3. The fourth-order valence-electron chi connectivity index (χ4n) is 4.35. The predicted octanol–water partition coefficient (Wildman–Crippen LogP) is 4.64. The topological polar surface area (TPSA) is 73.5 Å². The second-order valence-corrected chi connectivity index (χ2v) is 7.61. The fraction of sp³-hybridized carbons (Fsp3) is 0.292. The van der Waals surface area contributed by atoms with Crippen molar-refractivity contribution in [3.8, 4) is 23.1 Å². The molecule has 2 aromatic heterocycles. The summed E-state index contributed by atoms with van der Waals surface area (Å²) in [5.41, 5.74) is 1.79. The van der Waals surface area contributed by atoms with Crippen LogP contribution in [-0.2, 0) is 6.54 Å². The number of methoxy groups -OCH3 is 2. The number of hydrogen-bond donors (Lipinski definition) is 0. The Morgan fingerprint density at radius 2 is 1.94 bits per heavy atom. The molecule has 7 nitrogen and oxygen atoms in total. The summed E-state index contributed by atoms with van der Waals surface area (Å²) in [6, 6.07) is 16.1. The molecule has 1 aliphatic rings. The Morgan fingerprint density at radius 3 is 2.81 bits per heavy atom. The van der Waals surface area contributed by atoms with Gasteiger partial charge in [-0.05, 0) is 36.9 Å². The van der Waals surface area contributed by atoms with Crippen LogP contribution in [0.25, 0.3) is 22.4 Å². The molecule has 1 fully saturated rings. The lowest BCUT2D eigenvalue weighted by Gasteiger charge is -2.23. The SMILES string of the molecule is COc1cccc(CN2CCCC2c2nnc(-c3nccc4ccccc34)o2)c1OC. The molecule has 1 unspecified atom stereocenters. The van der Waals surface area contributed by atoms with Gasteiger partial charge in [0.25, 0.3) is 5.89 Å². The average molecular weight is 416 g/mol. The van der Waals surface area contributed by atoms with Crippen molar-refractivity contribution >= 4 is 10.8 Å². The zero-order chi connectivity index (χ0) is 21.2. The second-order valence-electron chi connectivity index (χ2n) is 7.61. The minimum atomic E-state index is 0.0622. The maximum absolute atomic E-state index is 6.15. The monoisotopic (exact) mass is 416 g/mol. The summed E-state index contributed by atoms with van der Waals surface area (Å²) < 4.78 is 17.2. The van der Waals surface area contributed by atoms with Gasteiger partial charge in [0.1, 0.15) is 5.69 Å². The molecule has 5 rings (SSSR count). The van der Waals surface area contributed by atoms with Crippen molar-refractivity contribution in [3.63, 3.8) is 0 Å². The van der Waals surface area contributed by atoms with Crippen molar-refractivity contribution in [2.75, 3.05) is 20.8 Å². The lowest BCUT2D eigenvalue weighted by atomic mass is 10.1. The molecule has 0 bridgehead atoms. The van der Waals surface area contributed by atoms with Crippen molar-refractivity contribution in [1.82, 2.24) is 20.1 Å². The second kappa shape index (κ2) is 8.35. The number of aromatic nitrogens is 3. The zero-order valence-corrected chi connectivity index (χ0v) is 17.6. The maximum Gasteiger partial charge on any atom is 0.266 e. The number of fused-ring (bicyclic) bond motifs is 1. The van der Waals surface area contributed by atoms with E-state index in [2.05, 4.69) is 32.2 Å². The highest BCUT2D eigenvalue weighted by Crippen LogP contribution is 2.37. The Labute approximate surface area is 180 Å². The van der Waals surface area contributed by atoms with Gasteiger partial charge < -0.3 is 13.9 Å². The van der Waals surface area contributed by atoms with Crippen LogP contribution in [0.2, 0.25) is 0 Å². The van der Waals surface area contributed by atoms with Crippen LogP contribution in [0.3, 0.4) is 0 Å². The van der Waals surface area contributed by atoms with Crippen LogP contribution < -0.4 is 9.47 Å². The number of rotatable bonds is 6. The quantitative estimate of drug-likeness (QED) is 0.453. The van der Waals surface area contributed by atoms with Gasteiger partial charge in [-0.2, -0.15) is 0 Å². The van der Waals surface area contributed by atoms with Crippen molar-refractivity contribution < 1.29 is 13.9 Å². The van der Waals surface area contributed by atoms with E-state index < -0.39 is 0 Å². The van der Waals surface area contributed by atoms with Gasteiger partial charge in [-0.25, -0.2) is 0 Å². The summed E-state index contributed by atoms with van der Waals surface area (Å²) >= 11 is 0. The molecule has 0 N–H and O–H groups in total. The number of ether oxygens (including phenoxy) is 2. The molecule has 2 aromatic carbocycles. The van der Waals surface area contributed by atoms with Crippen molar-refractivity contribution in [2.24, 2.45) is 0 Å². The minimum absolute atomic E-state index is 0.0622. The third kappa shape index (κ3) is 3.61. The van der Waals surface area contributed by atoms with Gasteiger partial charge in [-0.1, -0.05) is 36.4 Å². The molecule has 1 saturated heterocycles. The number of likely N-dealkylation sites (tertiary alicyclic amines) is 1. The van der Waals surface area contributed by atoms with Gasteiger partial charge in [0.05, 0.1) is 20.3 Å². The zero-order valence-electron chi connectivity index (χ0n) is 17.6. The van der Waals surface area contributed by atoms with Gasteiger partial charge >= 0.3 is 0 Å². The highest BCUT2D eigenvalue weighted by Gasteiger charge is 2.31. The first-order valence-electron chi connectivity index (χ1n) is 10.4. The smallest absolute Gasteiger partial charge is 0.266 e. The molecule has 0 radical (unpaired) electrons. The maximum atomic E-state index is 6.15. The van der Waals surface area contributed by atoms with Gasteiger partial charge in [-0.3, -0.25) is 9.88 Å². The summed E-state index contributed by atoms with van der Waals surface area (Å²) in [6.07, 6.45) is 3.82. The van der Waals surface area contributed by atoms with Crippen molar-refractivity contribution in [1.29, 1.82) is 0 Å². The molecule has 7 heteroatoms. The molecule has 31 heavy (non-hydrogen) atoms. The van der Waals surface area contributed by atoms with Crippen LogP contribution in [0, 0.1) is 0 Å². The molecule has 0 saturated carbocycles. The molecular weight excluding hydrogens is 392 g/mol. The molecule has 0 spiro atoms. The third-order valence-electron chi connectivity index (χ3n) is 5.82. The van der Waals surface area contributed by atoms with E-state index in [1.807, 2.05) is 36.4 Å². The minimum Gasteiger partial charge on any atom is -0.493 e. The van der Waals surface area contributed by atoms with E-state index in [0.29, 0.717) is 11.8 Å². The van der Waals surface area contributed by atoms with Crippen molar-refractivity contribution in [3.05, 3.63) is 66.2 Å². The number of para-hydroxylation sites is 1. The van der Waals surface area contributed by atoms with E-state index >= 15 is 0 Å². The molecule has 0 amide bonds. The van der Waals surface area contributed by atoms with Crippen LogP contribution in [0.1, 0.15) is 30.3 Å². The third-order valence-corrected chi connectivity index (χ3v) is 5.82. The summed E-state index contributed by atoms with van der Waals surface area (Å²) in [4.78, 5) is 6.86. The van der Waals surface area contributed by atoms with Gasteiger partial charge in [0.15, 0.2) is 11.5 Å². The van der Waals surface area contributed by atoms with Gasteiger partial charge in [0.2, 0.25) is 5.89 Å². The summed E-state index contributed by atoms with van der Waals surface area (Å²) in [7, 11) is 3.33. The first-order valence-corrected chi connectivity index (χ1v) is 10.4. The first kappa shape index (κ1) is 19.5. The largest absolute Gasteiger partial charge is 0.493 e. The molecule has 4 aromatic rings. The molecular formula is C24H24N4O3. The van der Waals surface area contributed by atoms with Crippen LogP contribution >= 0.6 is 0 Å². The fourth-order valence-corrected chi connectivity index (χ4v) is 4.35. The molecule has 0 aliphatic carbocycles. The molecule has 158 valence electrons. The van der Waals surface area contributed by atoms with E-state index in [1.54, 1.807) is 20.4 Å². The van der Waals surface area contributed by atoms with E-state index in [1.165, 1.54) is 0 Å². The van der Waals surface area contributed by atoms with Crippen LogP contribution in [0.4, 0.5) is 0 Å². The van der Waals surface area contributed by atoms with E-state index in [-0.39, 0.29) is 6.04 Å². The normalized spacial score (nSPS) is 16.6. The Hall–Kier alpha value is -3.45. The predicted molar refractivity (Wildman–Crippen MR) is 117 cm³/mol. The van der Waals surface area contributed by atoms with Crippen molar-refractivity contribution in [2.45, 2.75) is 25.4 Å². The van der Waals surface area contributed by atoms with Crippen LogP contribution in [0.15, 0.2) is 59.1 Å². The average Bonchev–Trinajstić information content (AvgIpc) is 3.48. The number of benzene rings is 2. The number of pyridine rings is 1. The van der Waals surface area contributed by atoms with Crippen LogP contribution in [0.5, 0.6) is 11.5 Å². The number of nitrogens with zero attached hydrogens (tertiary/aromatic N) is 4. The highest BCUT2D eigenvalue weighted by molar-refractivity contribution is 5.92. The lowest BCUT2D eigenvalue weighted by Crippen LogP contribution is -2.23. The first-order chi connectivity index (χ1) is 15.3. The van der Waals surface area contributed by atoms with E-state index in [9.17, 15) is 0 Å². The molecule has 3 heterocycles. The molecule has 1 aliphatic heterocycles. The Balaban J connectivity index is 1.43. The summed E-state index contributed by atoms with van der Waals surface area (Å²) in [5, 5.41) is 10.8. The highest BCUT2D eigenvalue weighted by atomic mass is 16.5. The van der Waals surface area contributed by atoms with Gasteiger partial charge in [0, 0.05) is 23.7 Å². The Kier molecular flexibility index (Phi) is 5.26. The summed E-state index contributed by atoms with van der Waals surface area (Å²) in [6.45, 7) is 1.67. The summed E-state index contributed by atoms with van der Waals surface area (Å²) in [5.74, 6) is 2.58. The Morgan fingerprint density at radius 1 is 1.03 bits per heavy atom. The number of hydrogen-bond acceptors (Lipinski definition) is 7. The van der Waals surface area contributed by atoms with E-state index in [4.69, 9.17) is 13.9 Å². The molecule has 1 atom stereocenters. The van der Waals surface area contributed by atoms with E-state index in [0.717, 1.165) is 59.5 Å². The van der Waals surface area contributed by atoms with Gasteiger partial charge in [-0.15, -0.1) is 10.2 Å². The van der Waals surface area contributed by atoms with Crippen LogP contribution in [-0.4, -0.2) is 40.8 Å². The Bertz CT molecular complexity index is 1200.